The number of carbonyl (C=O) groups is 1. The summed E-state index contributed by atoms with van der Waals surface area (Å²) in [6.45, 7) is 5.35. The molecule has 0 saturated carbocycles. The maximum absolute atomic E-state index is 11.1. The van der Waals surface area contributed by atoms with Gasteiger partial charge in [0, 0.05) is 10.6 Å². The van der Waals surface area contributed by atoms with E-state index in [9.17, 15) is 4.79 Å². The van der Waals surface area contributed by atoms with Crippen molar-refractivity contribution in [3.05, 3.63) is 28.8 Å². The molecule has 0 aliphatic rings. The SMILES string of the molecule is CC(=O)c1cc(Cl)cc(OC(C)C)c1. The second-order valence-electron chi connectivity index (χ2n) is 3.40. The number of ether oxygens (including phenoxy) is 1. The first-order valence-electron chi connectivity index (χ1n) is 4.47. The quantitative estimate of drug-likeness (QED) is 0.719. The van der Waals surface area contributed by atoms with E-state index in [0.29, 0.717) is 16.3 Å². The van der Waals surface area contributed by atoms with Gasteiger partial charge in [0.2, 0.25) is 0 Å². The fourth-order valence-corrected chi connectivity index (χ4v) is 1.33. The van der Waals surface area contributed by atoms with E-state index in [1.54, 1.807) is 18.2 Å². The van der Waals surface area contributed by atoms with E-state index >= 15 is 0 Å². The molecular weight excluding hydrogens is 200 g/mol. The van der Waals surface area contributed by atoms with Crippen LogP contribution in [-0.4, -0.2) is 11.9 Å². The van der Waals surface area contributed by atoms with E-state index in [0.717, 1.165) is 0 Å². The summed E-state index contributed by atoms with van der Waals surface area (Å²) in [6.07, 6.45) is 0.0771. The average molecular weight is 213 g/mol. The van der Waals surface area contributed by atoms with Crippen molar-refractivity contribution in [1.82, 2.24) is 0 Å². The molecule has 0 heterocycles. The topological polar surface area (TPSA) is 26.3 Å². The van der Waals surface area contributed by atoms with Gasteiger partial charge in [-0.1, -0.05) is 11.6 Å². The lowest BCUT2D eigenvalue weighted by atomic mass is 10.1. The molecule has 0 fully saturated rings. The zero-order chi connectivity index (χ0) is 10.7. The Morgan fingerprint density at radius 1 is 1.36 bits per heavy atom. The molecule has 0 bridgehead atoms. The van der Waals surface area contributed by atoms with E-state index in [-0.39, 0.29) is 11.9 Å². The van der Waals surface area contributed by atoms with Crippen molar-refractivity contribution in [2.45, 2.75) is 26.9 Å². The number of hydrogen-bond acceptors (Lipinski definition) is 2. The van der Waals surface area contributed by atoms with E-state index in [1.165, 1.54) is 6.92 Å². The lowest BCUT2D eigenvalue weighted by Gasteiger charge is -2.10. The average Bonchev–Trinajstić information content (AvgIpc) is 2.01. The Labute approximate surface area is 88.8 Å². The van der Waals surface area contributed by atoms with Crippen LogP contribution in [0.15, 0.2) is 18.2 Å². The maximum Gasteiger partial charge on any atom is 0.159 e. The van der Waals surface area contributed by atoms with Crippen molar-refractivity contribution in [3.8, 4) is 5.75 Å². The minimum atomic E-state index is -0.0129. The molecule has 0 spiro atoms. The molecule has 0 unspecified atom stereocenters. The minimum Gasteiger partial charge on any atom is -0.491 e. The lowest BCUT2D eigenvalue weighted by Crippen LogP contribution is -2.06. The van der Waals surface area contributed by atoms with Gasteiger partial charge in [0.05, 0.1) is 6.10 Å². The van der Waals surface area contributed by atoms with Gasteiger partial charge in [0.25, 0.3) is 0 Å². The summed E-state index contributed by atoms with van der Waals surface area (Å²) in [4.78, 5) is 11.1. The number of rotatable bonds is 3. The van der Waals surface area contributed by atoms with Gasteiger partial charge in [-0.3, -0.25) is 4.79 Å². The van der Waals surface area contributed by atoms with Crippen LogP contribution in [0.3, 0.4) is 0 Å². The highest BCUT2D eigenvalue weighted by atomic mass is 35.5. The summed E-state index contributed by atoms with van der Waals surface area (Å²) in [6, 6.07) is 5.04. The normalized spacial score (nSPS) is 10.4. The van der Waals surface area contributed by atoms with Gasteiger partial charge in [-0.15, -0.1) is 0 Å². The molecule has 14 heavy (non-hydrogen) atoms. The van der Waals surface area contributed by atoms with E-state index < -0.39 is 0 Å². The second kappa shape index (κ2) is 4.47. The predicted molar refractivity (Wildman–Crippen MR) is 57.2 cm³/mol. The zero-order valence-corrected chi connectivity index (χ0v) is 9.26. The number of carbonyl (C=O) groups excluding carboxylic acids is 1. The molecule has 1 aromatic carbocycles. The standard InChI is InChI=1S/C11H13ClO2/c1-7(2)14-11-5-9(8(3)13)4-10(12)6-11/h4-7H,1-3H3. The first-order chi connectivity index (χ1) is 6.49. The Bertz CT molecular complexity index is 345. The van der Waals surface area contributed by atoms with Crippen LogP contribution in [0.4, 0.5) is 0 Å². The van der Waals surface area contributed by atoms with Crippen LogP contribution in [0, 0.1) is 0 Å². The van der Waals surface area contributed by atoms with Crippen LogP contribution in [0.25, 0.3) is 0 Å². The Morgan fingerprint density at radius 3 is 2.50 bits per heavy atom. The van der Waals surface area contributed by atoms with Gasteiger partial charge in [-0.2, -0.15) is 0 Å². The zero-order valence-electron chi connectivity index (χ0n) is 8.50. The largest absolute Gasteiger partial charge is 0.491 e. The van der Waals surface area contributed by atoms with Crippen molar-refractivity contribution < 1.29 is 9.53 Å². The third-order valence-corrected chi connectivity index (χ3v) is 1.87. The molecule has 1 aromatic rings. The highest BCUT2D eigenvalue weighted by Gasteiger charge is 2.05. The molecule has 0 aliphatic carbocycles. The monoisotopic (exact) mass is 212 g/mol. The van der Waals surface area contributed by atoms with Gasteiger partial charge >= 0.3 is 0 Å². The van der Waals surface area contributed by atoms with Crippen molar-refractivity contribution in [3.63, 3.8) is 0 Å². The molecule has 0 aliphatic heterocycles. The number of halogens is 1. The van der Waals surface area contributed by atoms with Crippen molar-refractivity contribution in [1.29, 1.82) is 0 Å². The molecule has 0 atom stereocenters. The van der Waals surface area contributed by atoms with Crippen LogP contribution < -0.4 is 4.74 Å². The Kier molecular flexibility index (Phi) is 3.53. The molecule has 76 valence electrons. The third kappa shape index (κ3) is 3.04. The molecule has 0 aromatic heterocycles. The molecule has 0 saturated heterocycles. The van der Waals surface area contributed by atoms with Crippen molar-refractivity contribution in [2.24, 2.45) is 0 Å². The number of benzene rings is 1. The van der Waals surface area contributed by atoms with Crippen LogP contribution in [0.2, 0.25) is 5.02 Å². The third-order valence-electron chi connectivity index (χ3n) is 1.65. The summed E-state index contributed by atoms with van der Waals surface area (Å²) in [5, 5.41) is 0.522. The summed E-state index contributed by atoms with van der Waals surface area (Å²) < 4.78 is 5.45. The fourth-order valence-electron chi connectivity index (χ4n) is 1.11. The molecule has 0 N–H and O–H groups in total. The predicted octanol–water partition coefficient (Wildman–Crippen LogP) is 3.33. The summed E-state index contributed by atoms with van der Waals surface area (Å²) >= 11 is 5.85. The highest BCUT2D eigenvalue weighted by Crippen LogP contribution is 2.22. The number of Topliss-reactive ketones (excluding diaryl/α,β-unsaturated/α-hetero) is 1. The first kappa shape index (κ1) is 11.1. The van der Waals surface area contributed by atoms with Gasteiger partial charge in [0.1, 0.15) is 5.75 Å². The highest BCUT2D eigenvalue weighted by molar-refractivity contribution is 6.31. The van der Waals surface area contributed by atoms with Gasteiger partial charge < -0.3 is 4.74 Å². The summed E-state index contributed by atoms with van der Waals surface area (Å²) in [7, 11) is 0. The Balaban J connectivity index is 3.01. The molecule has 2 nitrogen and oxygen atoms in total. The molecular formula is C11H13ClO2. The van der Waals surface area contributed by atoms with E-state index in [1.807, 2.05) is 13.8 Å². The van der Waals surface area contributed by atoms with Gasteiger partial charge in [-0.25, -0.2) is 0 Å². The number of hydrogen-bond donors (Lipinski definition) is 0. The van der Waals surface area contributed by atoms with Gasteiger partial charge in [-0.05, 0) is 39.0 Å². The summed E-state index contributed by atoms with van der Waals surface area (Å²) in [5.41, 5.74) is 0.577. The smallest absolute Gasteiger partial charge is 0.159 e. The minimum absolute atomic E-state index is 0.0129. The summed E-state index contributed by atoms with van der Waals surface area (Å²) in [5.74, 6) is 0.624. The van der Waals surface area contributed by atoms with Crippen molar-refractivity contribution >= 4 is 17.4 Å². The molecule has 3 heteroatoms. The van der Waals surface area contributed by atoms with Gasteiger partial charge in [0.15, 0.2) is 5.78 Å². The van der Waals surface area contributed by atoms with Crippen LogP contribution >= 0.6 is 11.6 Å². The van der Waals surface area contributed by atoms with E-state index in [4.69, 9.17) is 16.3 Å². The Morgan fingerprint density at radius 2 is 2.00 bits per heavy atom. The number of ketones is 1. The van der Waals surface area contributed by atoms with E-state index in [2.05, 4.69) is 0 Å². The molecule has 0 radical (unpaired) electrons. The fraction of sp³-hybridized carbons (Fsp3) is 0.364. The second-order valence-corrected chi connectivity index (χ2v) is 3.83. The molecule has 0 amide bonds. The lowest BCUT2D eigenvalue weighted by molar-refractivity contribution is 0.101. The van der Waals surface area contributed by atoms with Crippen molar-refractivity contribution in [2.75, 3.05) is 0 Å². The van der Waals surface area contributed by atoms with Crippen LogP contribution in [0.5, 0.6) is 5.75 Å². The molecule has 1 rings (SSSR count). The van der Waals surface area contributed by atoms with Crippen LogP contribution in [-0.2, 0) is 0 Å². The first-order valence-corrected chi connectivity index (χ1v) is 4.85. The van der Waals surface area contributed by atoms with Crippen LogP contribution in [0.1, 0.15) is 31.1 Å². The maximum atomic E-state index is 11.1. The Hall–Kier alpha value is -1.02.